The SMILES string of the molecule is CC(N)Cc1coc(C2CCCCN2C)n1. The summed E-state index contributed by atoms with van der Waals surface area (Å²) in [6, 6.07) is 0.498. The molecule has 2 rings (SSSR count). The maximum absolute atomic E-state index is 5.75. The fourth-order valence-corrected chi connectivity index (χ4v) is 2.29. The predicted molar refractivity (Wildman–Crippen MR) is 63.1 cm³/mol. The van der Waals surface area contributed by atoms with Gasteiger partial charge < -0.3 is 10.2 Å². The number of hydrogen-bond acceptors (Lipinski definition) is 4. The Labute approximate surface area is 96.8 Å². The third kappa shape index (κ3) is 2.62. The minimum absolute atomic E-state index is 0.141. The van der Waals surface area contributed by atoms with Crippen LogP contribution >= 0.6 is 0 Å². The van der Waals surface area contributed by atoms with Gasteiger partial charge in [-0.15, -0.1) is 0 Å². The highest BCUT2D eigenvalue weighted by Crippen LogP contribution is 2.28. The first-order valence-corrected chi connectivity index (χ1v) is 6.07. The van der Waals surface area contributed by atoms with Gasteiger partial charge in [0.1, 0.15) is 6.26 Å². The molecule has 0 amide bonds. The van der Waals surface area contributed by atoms with Crippen molar-refractivity contribution in [1.29, 1.82) is 0 Å². The van der Waals surface area contributed by atoms with Gasteiger partial charge in [0.15, 0.2) is 0 Å². The summed E-state index contributed by atoms with van der Waals surface area (Å²) in [6.45, 7) is 3.12. The topological polar surface area (TPSA) is 55.3 Å². The summed E-state index contributed by atoms with van der Waals surface area (Å²) < 4.78 is 5.57. The van der Waals surface area contributed by atoms with Crippen molar-refractivity contribution < 1.29 is 4.42 Å². The lowest BCUT2D eigenvalue weighted by Crippen LogP contribution is -2.29. The van der Waals surface area contributed by atoms with Crippen LogP contribution in [0.3, 0.4) is 0 Å². The van der Waals surface area contributed by atoms with Crippen molar-refractivity contribution in [2.75, 3.05) is 13.6 Å². The van der Waals surface area contributed by atoms with Gasteiger partial charge in [-0.25, -0.2) is 4.98 Å². The minimum atomic E-state index is 0.141. The molecule has 0 saturated carbocycles. The highest BCUT2D eigenvalue weighted by atomic mass is 16.3. The number of nitrogens with two attached hydrogens (primary N) is 1. The molecular weight excluding hydrogens is 202 g/mol. The quantitative estimate of drug-likeness (QED) is 0.847. The van der Waals surface area contributed by atoms with Gasteiger partial charge in [-0.05, 0) is 33.4 Å². The van der Waals surface area contributed by atoms with Crippen LogP contribution in [0, 0.1) is 0 Å². The van der Waals surface area contributed by atoms with E-state index in [1.165, 1.54) is 12.8 Å². The molecule has 0 radical (unpaired) electrons. The third-order valence-corrected chi connectivity index (χ3v) is 3.16. The van der Waals surface area contributed by atoms with Crippen molar-refractivity contribution >= 4 is 0 Å². The van der Waals surface area contributed by atoms with Gasteiger partial charge >= 0.3 is 0 Å². The largest absolute Gasteiger partial charge is 0.447 e. The van der Waals surface area contributed by atoms with Gasteiger partial charge in [0, 0.05) is 12.5 Å². The minimum Gasteiger partial charge on any atom is -0.447 e. The number of nitrogens with zero attached hydrogens (tertiary/aromatic N) is 2. The van der Waals surface area contributed by atoms with E-state index in [2.05, 4.69) is 16.9 Å². The summed E-state index contributed by atoms with van der Waals surface area (Å²) >= 11 is 0. The van der Waals surface area contributed by atoms with Crippen LogP contribution in [0.2, 0.25) is 0 Å². The Balaban J connectivity index is 2.05. The summed E-state index contributed by atoms with van der Waals surface area (Å²) in [6.07, 6.45) is 6.23. The van der Waals surface area contributed by atoms with Gasteiger partial charge in [-0.1, -0.05) is 6.42 Å². The van der Waals surface area contributed by atoms with Gasteiger partial charge in [0.2, 0.25) is 5.89 Å². The zero-order valence-electron chi connectivity index (χ0n) is 10.1. The van der Waals surface area contributed by atoms with E-state index in [4.69, 9.17) is 10.2 Å². The molecule has 1 fully saturated rings. The van der Waals surface area contributed by atoms with Crippen LogP contribution in [0.4, 0.5) is 0 Å². The Hall–Kier alpha value is -0.870. The first-order chi connectivity index (χ1) is 7.66. The number of hydrogen-bond donors (Lipinski definition) is 1. The van der Waals surface area contributed by atoms with Crippen molar-refractivity contribution in [1.82, 2.24) is 9.88 Å². The lowest BCUT2D eigenvalue weighted by molar-refractivity contribution is 0.159. The molecule has 2 N–H and O–H groups in total. The van der Waals surface area contributed by atoms with E-state index in [1.807, 2.05) is 6.92 Å². The van der Waals surface area contributed by atoms with E-state index < -0.39 is 0 Å². The Kier molecular flexibility index (Phi) is 3.61. The average molecular weight is 223 g/mol. The summed E-state index contributed by atoms with van der Waals surface area (Å²) in [5.74, 6) is 0.859. The Morgan fingerprint density at radius 1 is 1.62 bits per heavy atom. The first-order valence-electron chi connectivity index (χ1n) is 6.07. The third-order valence-electron chi connectivity index (χ3n) is 3.16. The van der Waals surface area contributed by atoms with Gasteiger partial charge in [-0.2, -0.15) is 0 Å². The molecule has 0 spiro atoms. The molecule has 0 aromatic carbocycles. The van der Waals surface area contributed by atoms with Crippen LogP contribution < -0.4 is 5.73 Å². The normalized spacial score (nSPS) is 24.6. The molecule has 0 bridgehead atoms. The second kappa shape index (κ2) is 4.97. The Bertz CT molecular complexity index is 335. The predicted octanol–water partition coefficient (Wildman–Crippen LogP) is 1.72. The van der Waals surface area contributed by atoms with E-state index in [0.29, 0.717) is 6.04 Å². The molecule has 1 aliphatic rings. The molecule has 1 aromatic rings. The van der Waals surface area contributed by atoms with Crippen LogP contribution in [-0.2, 0) is 6.42 Å². The first kappa shape index (κ1) is 11.6. The number of aromatic nitrogens is 1. The molecular formula is C12H21N3O. The lowest BCUT2D eigenvalue weighted by atomic mass is 10.0. The summed E-state index contributed by atoms with van der Waals surface area (Å²) in [5.41, 5.74) is 6.72. The van der Waals surface area contributed by atoms with Crippen molar-refractivity contribution in [3.63, 3.8) is 0 Å². The summed E-state index contributed by atoms with van der Waals surface area (Å²) in [5, 5.41) is 0. The highest BCUT2D eigenvalue weighted by molar-refractivity contribution is 5.02. The van der Waals surface area contributed by atoms with Crippen LogP contribution in [0.1, 0.15) is 43.8 Å². The Morgan fingerprint density at radius 3 is 3.12 bits per heavy atom. The number of piperidine rings is 1. The van der Waals surface area contributed by atoms with Crippen LogP contribution in [0.5, 0.6) is 0 Å². The zero-order chi connectivity index (χ0) is 11.5. The Morgan fingerprint density at radius 2 is 2.44 bits per heavy atom. The molecule has 4 nitrogen and oxygen atoms in total. The van der Waals surface area contributed by atoms with E-state index in [0.717, 1.165) is 31.0 Å². The second-order valence-corrected chi connectivity index (χ2v) is 4.85. The maximum atomic E-state index is 5.75. The van der Waals surface area contributed by atoms with Crippen LogP contribution in [0.15, 0.2) is 10.7 Å². The van der Waals surface area contributed by atoms with E-state index in [-0.39, 0.29) is 6.04 Å². The summed E-state index contributed by atoms with van der Waals surface area (Å²) in [4.78, 5) is 6.86. The maximum Gasteiger partial charge on any atom is 0.211 e. The highest BCUT2D eigenvalue weighted by Gasteiger charge is 2.24. The molecule has 2 heterocycles. The number of likely N-dealkylation sites (tertiary alicyclic amines) is 1. The van der Waals surface area contributed by atoms with E-state index in [9.17, 15) is 0 Å². The summed E-state index contributed by atoms with van der Waals surface area (Å²) in [7, 11) is 2.14. The molecule has 0 aliphatic carbocycles. The van der Waals surface area contributed by atoms with Crippen LogP contribution in [-0.4, -0.2) is 29.5 Å². The molecule has 2 unspecified atom stereocenters. The van der Waals surface area contributed by atoms with Crippen molar-refractivity contribution in [2.24, 2.45) is 5.73 Å². The lowest BCUT2D eigenvalue weighted by Gasteiger charge is -2.29. The standard InChI is InChI=1S/C12H21N3O/c1-9(13)7-10-8-16-12(14-10)11-5-3-4-6-15(11)2/h8-9,11H,3-7,13H2,1-2H3. The van der Waals surface area contributed by atoms with Crippen molar-refractivity contribution in [3.05, 3.63) is 17.8 Å². The molecule has 1 aliphatic heterocycles. The smallest absolute Gasteiger partial charge is 0.211 e. The number of rotatable bonds is 3. The zero-order valence-corrected chi connectivity index (χ0v) is 10.1. The van der Waals surface area contributed by atoms with Crippen molar-refractivity contribution in [2.45, 2.75) is 44.7 Å². The van der Waals surface area contributed by atoms with Crippen molar-refractivity contribution in [3.8, 4) is 0 Å². The fraction of sp³-hybridized carbons (Fsp3) is 0.750. The molecule has 4 heteroatoms. The average Bonchev–Trinajstić information content (AvgIpc) is 2.66. The second-order valence-electron chi connectivity index (χ2n) is 4.85. The molecule has 1 saturated heterocycles. The molecule has 16 heavy (non-hydrogen) atoms. The fourth-order valence-electron chi connectivity index (χ4n) is 2.29. The molecule has 1 aromatic heterocycles. The van der Waals surface area contributed by atoms with Gasteiger partial charge in [0.25, 0.3) is 0 Å². The van der Waals surface area contributed by atoms with Crippen LogP contribution in [0.25, 0.3) is 0 Å². The van der Waals surface area contributed by atoms with Gasteiger partial charge in [0.05, 0.1) is 11.7 Å². The van der Waals surface area contributed by atoms with E-state index >= 15 is 0 Å². The van der Waals surface area contributed by atoms with Gasteiger partial charge in [-0.3, -0.25) is 4.90 Å². The molecule has 2 atom stereocenters. The van der Waals surface area contributed by atoms with E-state index in [1.54, 1.807) is 6.26 Å². The molecule has 90 valence electrons. The monoisotopic (exact) mass is 223 g/mol. The number of oxazole rings is 1.